The van der Waals surface area contributed by atoms with E-state index in [0.717, 1.165) is 9.53 Å². The smallest absolute Gasteiger partial charge is 0.136 e. The monoisotopic (exact) mass is 296 g/mol. The van der Waals surface area contributed by atoms with E-state index in [4.69, 9.17) is 11.6 Å². The summed E-state index contributed by atoms with van der Waals surface area (Å²) in [6.45, 7) is 6.19. The van der Waals surface area contributed by atoms with Gasteiger partial charge in [0.25, 0.3) is 0 Å². The molecular weight excluding hydrogens is 286 g/mol. The summed E-state index contributed by atoms with van der Waals surface area (Å²) in [5, 5.41) is 0.513. The minimum atomic E-state index is -0.0369. The minimum absolute atomic E-state index is 0.0369. The Morgan fingerprint density at radius 2 is 1.92 bits per heavy atom. The minimum Gasteiger partial charge on any atom is -0.226 e. The third kappa shape index (κ3) is 2.55. The molecule has 0 saturated heterocycles. The summed E-state index contributed by atoms with van der Waals surface area (Å²) in [7, 11) is 0. The normalized spacial score (nSPS) is 11.8. The summed E-state index contributed by atoms with van der Waals surface area (Å²) >= 11 is 7.94. The Kier molecular flexibility index (Phi) is 2.93. The number of aromatic nitrogens is 2. The van der Waals surface area contributed by atoms with Crippen molar-refractivity contribution in [3.05, 3.63) is 20.7 Å². The lowest BCUT2D eigenvalue weighted by Crippen LogP contribution is -2.16. The first-order valence-electron chi connectivity index (χ1n) is 3.60. The highest BCUT2D eigenvalue weighted by Gasteiger charge is 2.17. The first-order chi connectivity index (χ1) is 5.39. The van der Waals surface area contributed by atoms with E-state index in [1.807, 2.05) is 0 Å². The highest BCUT2D eigenvalue weighted by atomic mass is 127. The zero-order chi connectivity index (χ0) is 9.35. The van der Waals surface area contributed by atoms with Gasteiger partial charge in [0.05, 0.1) is 0 Å². The van der Waals surface area contributed by atoms with Gasteiger partial charge in [0, 0.05) is 11.5 Å². The van der Waals surface area contributed by atoms with Crippen LogP contribution in [0.15, 0.2) is 6.07 Å². The van der Waals surface area contributed by atoms with E-state index < -0.39 is 0 Å². The standard InChI is InChI=1S/C8H10ClIN2/c1-8(2,3)7-11-5(9)4-6(10)12-7/h4H,1-3H3. The van der Waals surface area contributed by atoms with Crippen LogP contribution in [0.2, 0.25) is 5.15 Å². The fraction of sp³-hybridized carbons (Fsp3) is 0.500. The SMILES string of the molecule is CC(C)(C)c1nc(Cl)cc(I)n1. The largest absolute Gasteiger partial charge is 0.226 e. The molecule has 4 heteroatoms. The van der Waals surface area contributed by atoms with E-state index in [2.05, 4.69) is 53.3 Å². The molecule has 1 aromatic rings. The molecule has 12 heavy (non-hydrogen) atoms. The van der Waals surface area contributed by atoms with E-state index in [1.54, 1.807) is 6.07 Å². The van der Waals surface area contributed by atoms with Crippen LogP contribution in [-0.4, -0.2) is 9.97 Å². The van der Waals surface area contributed by atoms with Crippen molar-refractivity contribution in [3.63, 3.8) is 0 Å². The highest BCUT2D eigenvalue weighted by molar-refractivity contribution is 14.1. The van der Waals surface area contributed by atoms with Gasteiger partial charge < -0.3 is 0 Å². The molecule has 0 unspecified atom stereocenters. The van der Waals surface area contributed by atoms with Crippen molar-refractivity contribution in [2.45, 2.75) is 26.2 Å². The molecule has 1 aromatic heterocycles. The summed E-state index contributed by atoms with van der Waals surface area (Å²) in [5.41, 5.74) is -0.0369. The van der Waals surface area contributed by atoms with Gasteiger partial charge in [-0.25, -0.2) is 9.97 Å². The summed E-state index contributed by atoms with van der Waals surface area (Å²) in [5.74, 6) is 0.791. The second-order valence-electron chi connectivity index (χ2n) is 3.59. The van der Waals surface area contributed by atoms with Crippen LogP contribution in [0.3, 0.4) is 0 Å². The fourth-order valence-corrected chi connectivity index (χ4v) is 1.62. The average Bonchev–Trinajstić information content (AvgIpc) is 1.82. The molecule has 0 aliphatic carbocycles. The topological polar surface area (TPSA) is 25.8 Å². The van der Waals surface area contributed by atoms with Crippen LogP contribution in [0.25, 0.3) is 0 Å². The van der Waals surface area contributed by atoms with Gasteiger partial charge in [-0.05, 0) is 22.6 Å². The molecule has 0 saturated carbocycles. The van der Waals surface area contributed by atoms with Crippen molar-refractivity contribution in [1.82, 2.24) is 9.97 Å². The lowest BCUT2D eigenvalue weighted by molar-refractivity contribution is 0.543. The van der Waals surface area contributed by atoms with Gasteiger partial charge in [0.2, 0.25) is 0 Å². The molecular formula is C8H10ClIN2. The molecule has 0 bridgehead atoms. The molecule has 2 nitrogen and oxygen atoms in total. The van der Waals surface area contributed by atoms with Crippen molar-refractivity contribution in [1.29, 1.82) is 0 Å². The third-order valence-corrected chi connectivity index (χ3v) is 2.08. The number of nitrogens with zero attached hydrogens (tertiary/aromatic N) is 2. The van der Waals surface area contributed by atoms with Gasteiger partial charge in [-0.2, -0.15) is 0 Å². The number of hydrogen-bond donors (Lipinski definition) is 0. The van der Waals surface area contributed by atoms with Crippen LogP contribution in [0.1, 0.15) is 26.6 Å². The summed E-state index contributed by atoms with van der Waals surface area (Å²) in [6, 6.07) is 1.75. The number of hydrogen-bond acceptors (Lipinski definition) is 2. The molecule has 0 aliphatic rings. The maximum atomic E-state index is 5.80. The second-order valence-corrected chi connectivity index (χ2v) is 5.08. The van der Waals surface area contributed by atoms with E-state index in [-0.39, 0.29) is 5.41 Å². The van der Waals surface area contributed by atoms with E-state index >= 15 is 0 Å². The van der Waals surface area contributed by atoms with Crippen molar-refractivity contribution < 1.29 is 0 Å². The van der Waals surface area contributed by atoms with Crippen LogP contribution in [0.4, 0.5) is 0 Å². The van der Waals surface area contributed by atoms with Gasteiger partial charge in [0.1, 0.15) is 14.7 Å². The molecule has 0 amide bonds. The molecule has 0 spiro atoms. The molecule has 0 radical (unpaired) electrons. The molecule has 0 atom stereocenters. The Morgan fingerprint density at radius 1 is 1.33 bits per heavy atom. The quantitative estimate of drug-likeness (QED) is 0.543. The van der Waals surface area contributed by atoms with Crippen molar-refractivity contribution in [3.8, 4) is 0 Å². The van der Waals surface area contributed by atoms with Crippen molar-refractivity contribution in [2.75, 3.05) is 0 Å². The zero-order valence-electron chi connectivity index (χ0n) is 7.23. The van der Waals surface area contributed by atoms with Crippen LogP contribution in [-0.2, 0) is 5.41 Å². The predicted octanol–water partition coefficient (Wildman–Crippen LogP) is 3.03. The molecule has 1 rings (SSSR count). The Hall–Kier alpha value is 0.1000. The Balaban J connectivity index is 3.18. The lowest BCUT2D eigenvalue weighted by atomic mass is 9.96. The second kappa shape index (κ2) is 3.46. The Bertz CT molecular complexity index is 273. The van der Waals surface area contributed by atoms with Gasteiger partial charge in [0.15, 0.2) is 0 Å². The molecule has 0 N–H and O–H groups in total. The maximum Gasteiger partial charge on any atom is 0.136 e. The van der Waals surface area contributed by atoms with Crippen molar-refractivity contribution >= 4 is 34.2 Å². The fourth-order valence-electron chi connectivity index (χ4n) is 0.726. The predicted molar refractivity (Wildman–Crippen MR) is 58.5 cm³/mol. The first-order valence-corrected chi connectivity index (χ1v) is 5.06. The first kappa shape index (κ1) is 10.2. The number of rotatable bonds is 0. The van der Waals surface area contributed by atoms with Crippen LogP contribution in [0.5, 0.6) is 0 Å². The van der Waals surface area contributed by atoms with Crippen molar-refractivity contribution in [2.24, 2.45) is 0 Å². The summed E-state index contributed by atoms with van der Waals surface area (Å²) < 4.78 is 0.887. The van der Waals surface area contributed by atoms with Gasteiger partial charge >= 0.3 is 0 Å². The van der Waals surface area contributed by atoms with Crippen LogP contribution in [0, 0.1) is 3.70 Å². The maximum absolute atomic E-state index is 5.80. The average molecular weight is 297 g/mol. The summed E-state index contributed by atoms with van der Waals surface area (Å²) in [4.78, 5) is 8.45. The molecule has 0 fully saturated rings. The van der Waals surface area contributed by atoms with E-state index in [1.165, 1.54) is 0 Å². The third-order valence-electron chi connectivity index (χ3n) is 1.33. The lowest BCUT2D eigenvalue weighted by Gasteiger charge is -2.16. The summed E-state index contributed by atoms with van der Waals surface area (Å²) in [6.07, 6.45) is 0. The van der Waals surface area contributed by atoms with Gasteiger partial charge in [-0.1, -0.05) is 32.4 Å². The molecule has 0 aliphatic heterocycles. The van der Waals surface area contributed by atoms with E-state index in [9.17, 15) is 0 Å². The van der Waals surface area contributed by atoms with Gasteiger partial charge in [-0.3, -0.25) is 0 Å². The van der Waals surface area contributed by atoms with E-state index in [0.29, 0.717) is 5.15 Å². The zero-order valence-corrected chi connectivity index (χ0v) is 10.1. The van der Waals surface area contributed by atoms with Gasteiger partial charge in [-0.15, -0.1) is 0 Å². The van der Waals surface area contributed by atoms with Crippen LogP contribution >= 0.6 is 34.2 Å². The number of halogens is 2. The molecule has 0 aromatic carbocycles. The Labute approximate surface area is 90.9 Å². The molecule has 1 heterocycles. The van der Waals surface area contributed by atoms with Crippen LogP contribution < -0.4 is 0 Å². The molecule has 66 valence electrons. The highest BCUT2D eigenvalue weighted by Crippen LogP contribution is 2.20. The Morgan fingerprint density at radius 3 is 2.33 bits per heavy atom.